The summed E-state index contributed by atoms with van der Waals surface area (Å²) in [6.07, 6.45) is 0.833. The zero-order chi connectivity index (χ0) is 14.4. The van der Waals surface area contributed by atoms with E-state index in [1.165, 1.54) is 11.3 Å². The van der Waals surface area contributed by atoms with Crippen LogP contribution in [0.2, 0.25) is 10.0 Å². The lowest BCUT2D eigenvalue weighted by molar-refractivity contribution is 0.199. The third-order valence-corrected chi connectivity index (χ3v) is 4.21. The molecule has 0 aliphatic carbocycles. The van der Waals surface area contributed by atoms with Gasteiger partial charge < -0.3 is 10.1 Å². The van der Waals surface area contributed by atoms with E-state index < -0.39 is 0 Å². The minimum Gasteiger partial charge on any atom is -0.383 e. The number of hydrogen-bond acceptors (Lipinski definition) is 5. The summed E-state index contributed by atoms with van der Waals surface area (Å²) in [4.78, 5) is 0. The molecule has 20 heavy (non-hydrogen) atoms. The maximum absolute atomic E-state index is 6.16. The van der Waals surface area contributed by atoms with E-state index in [0.717, 1.165) is 35.1 Å². The minimum atomic E-state index is 0.635. The van der Waals surface area contributed by atoms with Crippen molar-refractivity contribution >= 4 is 34.5 Å². The van der Waals surface area contributed by atoms with Crippen LogP contribution in [0.4, 0.5) is 0 Å². The van der Waals surface area contributed by atoms with E-state index >= 15 is 0 Å². The van der Waals surface area contributed by atoms with Crippen LogP contribution in [0.5, 0.6) is 0 Å². The number of aromatic nitrogens is 2. The van der Waals surface area contributed by atoms with Gasteiger partial charge >= 0.3 is 0 Å². The molecule has 2 aromatic rings. The molecule has 0 saturated heterocycles. The Morgan fingerprint density at radius 1 is 1.25 bits per heavy atom. The average Bonchev–Trinajstić information content (AvgIpc) is 2.90. The Balaban J connectivity index is 1.96. The molecule has 1 aromatic carbocycles. The van der Waals surface area contributed by atoms with Crippen LogP contribution in [0.1, 0.15) is 5.01 Å². The first-order chi connectivity index (χ1) is 9.70. The van der Waals surface area contributed by atoms with Crippen molar-refractivity contribution in [3.63, 3.8) is 0 Å². The first-order valence-electron chi connectivity index (χ1n) is 6.18. The molecule has 0 amide bonds. The summed E-state index contributed by atoms with van der Waals surface area (Å²) in [5, 5.41) is 14.7. The smallest absolute Gasteiger partial charge is 0.149 e. The van der Waals surface area contributed by atoms with Crippen molar-refractivity contribution in [3.05, 3.63) is 33.3 Å². The van der Waals surface area contributed by atoms with Gasteiger partial charge in [0.1, 0.15) is 10.0 Å². The number of nitrogens with zero attached hydrogens (tertiary/aromatic N) is 2. The normalized spacial score (nSPS) is 10.9. The third-order valence-electron chi connectivity index (χ3n) is 2.62. The summed E-state index contributed by atoms with van der Waals surface area (Å²) in [6.45, 7) is 2.39. The number of halogens is 2. The third kappa shape index (κ3) is 4.40. The van der Waals surface area contributed by atoms with Gasteiger partial charge in [-0.05, 0) is 18.2 Å². The molecule has 0 aliphatic heterocycles. The maximum atomic E-state index is 6.16. The monoisotopic (exact) mass is 331 g/mol. The van der Waals surface area contributed by atoms with Crippen molar-refractivity contribution in [1.82, 2.24) is 15.5 Å². The fraction of sp³-hybridized carbons (Fsp3) is 0.385. The number of ether oxygens (including phenoxy) is 1. The Hall–Kier alpha value is -0.720. The van der Waals surface area contributed by atoms with Crippen LogP contribution in [0.3, 0.4) is 0 Å². The standard InChI is InChI=1S/C13H15Cl2N3OS/c1-19-7-6-16-5-4-12-17-18-13(20-12)10-8-9(14)2-3-11(10)15/h2-3,8,16H,4-7H2,1H3. The van der Waals surface area contributed by atoms with E-state index in [9.17, 15) is 0 Å². The Bertz CT molecular complexity index is 562. The molecule has 0 unspecified atom stereocenters. The highest BCUT2D eigenvalue weighted by Gasteiger charge is 2.10. The number of benzene rings is 1. The van der Waals surface area contributed by atoms with Gasteiger partial charge in [-0.1, -0.05) is 34.5 Å². The second-order valence-electron chi connectivity index (χ2n) is 4.12. The van der Waals surface area contributed by atoms with E-state index in [1.54, 1.807) is 19.2 Å². The molecule has 0 saturated carbocycles. The Morgan fingerprint density at radius 2 is 2.10 bits per heavy atom. The Labute approximate surface area is 132 Å². The van der Waals surface area contributed by atoms with E-state index in [0.29, 0.717) is 16.7 Å². The van der Waals surface area contributed by atoms with Crippen molar-refractivity contribution in [2.75, 3.05) is 26.8 Å². The van der Waals surface area contributed by atoms with Crippen molar-refractivity contribution < 1.29 is 4.74 Å². The van der Waals surface area contributed by atoms with Crippen LogP contribution in [0.15, 0.2) is 18.2 Å². The Morgan fingerprint density at radius 3 is 2.90 bits per heavy atom. The van der Waals surface area contributed by atoms with Gasteiger partial charge in [-0.25, -0.2) is 0 Å². The number of methoxy groups -OCH3 is 1. The number of hydrogen-bond donors (Lipinski definition) is 1. The van der Waals surface area contributed by atoms with Gasteiger partial charge in [0.15, 0.2) is 0 Å². The van der Waals surface area contributed by atoms with Gasteiger partial charge in [-0.2, -0.15) is 0 Å². The second-order valence-corrected chi connectivity index (χ2v) is 6.02. The van der Waals surface area contributed by atoms with Crippen molar-refractivity contribution in [1.29, 1.82) is 0 Å². The maximum Gasteiger partial charge on any atom is 0.149 e. The number of nitrogens with one attached hydrogen (secondary N) is 1. The first kappa shape index (κ1) is 15.7. The van der Waals surface area contributed by atoms with Crippen LogP contribution in [0, 0.1) is 0 Å². The SMILES string of the molecule is COCCNCCc1nnc(-c2cc(Cl)ccc2Cl)s1. The van der Waals surface area contributed by atoms with E-state index in [-0.39, 0.29) is 0 Å². The molecule has 0 aliphatic rings. The molecule has 4 nitrogen and oxygen atoms in total. The Kier molecular flexibility index (Phi) is 6.19. The molecule has 0 spiro atoms. The fourth-order valence-corrected chi connectivity index (χ4v) is 2.92. The first-order valence-corrected chi connectivity index (χ1v) is 7.75. The fourth-order valence-electron chi connectivity index (χ4n) is 1.62. The predicted octanol–water partition coefficient (Wildman–Crippen LogP) is 3.29. The van der Waals surface area contributed by atoms with Crippen molar-refractivity contribution in [3.8, 4) is 10.6 Å². The second kappa shape index (κ2) is 7.90. The zero-order valence-electron chi connectivity index (χ0n) is 11.0. The van der Waals surface area contributed by atoms with Gasteiger partial charge in [0.2, 0.25) is 0 Å². The quantitative estimate of drug-likeness (QED) is 0.791. The molecule has 1 N–H and O–H groups in total. The van der Waals surface area contributed by atoms with E-state index in [2.05, 4.69) is 15.5 Å². The molecule has 0 atom stereocenters. The van der Waals surface area contributed by atoms with Crippen molar-refractivity contribution in [2.45, 2.75) is 6.42 Å². The highest BCUT2D eigenvalue weighted by atomic mass is 35.5. The highest BCUT2D eigenvalue weighted by Crippen LogP contribution is 2.32. The summed E-state index contributed by atoms with van der Waals surface area (Å²) >= 11 is 13.7. The molecule has 2 rings (SSSR count). The summed E-state index contributed by atoms with van der Waals surface area (Å²) in [5.41, 5.74) is 0.829. The molecule has 0 bridgehead atoms. The summed E-state index contributed by atoms with van der Waals surface area (Å²) < 4.78 is 4.97. The topological polar surface area (TPSA) is 47.0 Å². The molecule has 7 heteroatoms. The van der Waals surface area contributed by atoms with Crippen molar-refractivity contribution in [2.24, 2.45) is 0 Å². The molecular weight excluding hydrogens is 317 g/mol. The van der Waals surface area contributed by atoms with Crippen LogP contribution in [0.25, 0.3) is 10.6 Å². The van der Waals surface area contributed by atoms with Gasteiger partial charge in [0.05, 0.1) is 11.6 Å². The molecule has 108 valence electrons. The van der Waals surface area contributed by atoms with Gasteiger partial charge in [0.25, 0.3) is 0 Å². The zero-order valence-corrected chi connectivity index (χ0v) is 13.4. The lowest BCUT2D eigenvalue weighted by atomic mass is 10.2. The van der Waals surface area contributed by atoms with Gasteiger partial charge in [-0.3, -0.25) is 0 Å². The molecule has 0 radical (unpaired) electrons. The summed E-state index contributed by atoms with van der Waals surface area (Å²) in [5.74, 6) is 0. The van der Waals surface area contributed by atoms with Gasteiger partial charge in [0, 0.05) is 37.2 Å². The number of rotatable bonds is 7. The molecule has 1 heterocycles. The predicted molar refractivity (Wildman–Crippen MR) is 83.8 cm³/mol. The summed E-state index contributed by atoms with van der Waals surface area (Å²) in [6, 6.07) is 5.34. The lowest BCUT2D eigenvalue weighted by Gasteiger charge is -2.01. The molecular formula is C13H15Cl2N3OS. The average molecular weight is 332 g/mol. The van der Waals surface area contributed by atoms with Crippen LogP contribution >= 0.6 is 34.5 Å². The summed E-state index contributed by atoms with van der Waals surface area (Å²) in [7, 11) is 1.69. The van der Waals surface area contributed by atoms with E-state index in [1.807, 2.05) is 6.07 Å². The van der Waals surface area contributed by atoms with E-state index in [4.69, 9.17) is 27.9 Å². The highest BCUT2D eigenvalue weighted by molar-refractivity contribution is 7.14. The van der Waals surface area contributed by atoms with Crippen LogP contribution in [-0.2, 0) is 11.2 Å². The lowest BCUT2D eigenvalue weighted by Crippen LogP contribution is -2.21. The van der Waals surface area contributed by atoms with Crippen LogP contribution < -0.4 is 5.32 Å². The molecule has 1 aromatic heterocycles. The van der Waals surface area contributed by atoms with Gasteiger partial charge in [-0.15, -0.1) is 10.2 Å². The molecule has 0 fully saturated rings. The minimum absolute atomic E-state index is 0.635. The largest absolute Gasteiger partial charge is 0.383 e. The van der Waals surface area contributed by atoms with Crippen LogP contribution in [-0.4, -0.2) is 37.0 Å².